The number of ether oxygens (including phenoxy) is 2. The van der Waals surface area contributed by atoms with Gasteiger partial charge in [-0.25, -0.2) is 0 Å². The maximum atomic E-state index is 14.0. The van der Waals surface area contributed by atoms with Crippen molar-refractivity contribution < 1.29 is 37.3 Å². The Hall–Kier alpha value is -4.33. The molecule has 7 rings (SSSR count). The molecular weight excluding hydrogens is 645 g/mol. The lowest BCUT2D eigenvalue weighted by atomic mass is 9.48. The van der Waals surface area contributed by atoms with Crippen LogP contribution in [-0.2, 0) is 34.0 Å². The van der Waals surface area contributed by atoms with Gasteiger partial charge in [-0.3, -0.25) is 14.5 Å². The lowest BCUT2D eigenvalue weighted by Crippen LogP contribution is -2.78. The summed E-state index contributed by atoms with van der Waals surface area (Å²) in [6.07, 6.45) is -2.18. The number of halogens is 3. The number of amides is 1. The highest BCUT2D eigenvalue weighted by Gasteiger charge is 2.73. The van der Waals surface area contributed by atoms with Gasteiger partial charge in [0.2, 0.25) is 0 Å². The summed E-state index contributed by atoms with van der Waals surface area (Å²) in [5.74, 6) is 5.35. The van der Waals surface area contributed by atoms with Crippen molar-refractivity contribution in [2.75, 3.05) is 19.6 Å². The third-order valence-electron chi connectivity index (χ3n) is 11.1. The van der Waals surface area contributed by atoms with Crippen molar-refractivity contribution in [1.82, 2.24) is 9.80 Å². The summed E-state index contributed by atoms with van der Waals surface area (Å²) in [5, 5.41) is 13.1. The number of alkyl halides is 3. The highest BCUT2D eigenvalue weighted by Crippen LogP contribution is 2.66. The molecule has 0 aromatic heterocycles. The normalized spacial score (nSPS) is 26.4. The predicted molar refractivity (Wildman–Crippen MR) is 181 cm³/mol. The molecule has 0 unspecified atom stereocenters. The average Bonchev–Trinajstić information content (AvgIpc) is 3.43. The van der Waals surface area contributed by atoms with Crippen molar-refractivity contribution >= 4 is 11.9 Å². The predicted octanol–water partition coefficient (Wildman–Crippen LogP) is 5.93. The number of hydrogen-bond donors (Lipinski definition) is 1. The van der Waals surface area contributed by atoms with Crippen molar-refractivity contribution in [1.29, 1.82) is 0 Å². The zero-order chi connectivity index (χ0) is 35.4. The molecule has 1 N–H and O–H groups in total. The van der Waals surface area contributed by atoms with Gasteiger partial charge >= 0.3 is 12.1 Å². The number of piperidine rings is 1. The van der Waals surface area contributed by atoms with Gasteiger partial charge in [0, 0.05) is 43.1 Å². The molecule has 2 aliphatic heterocycles. The number of carbonyl (C=O) groups excluding carboxylic acids is 2. The van der Waals surface area contributed by atoms with E-state index in [1.165, 1.54) is 24.6 Å². The molecule has 1 spiro atoms. The van der Waals surface area contributed by atoms with Gasteiger partial charge in [-0.2, -0.15) is 13.2 Å². The molecule has 1 saturated carbocycles. The van der Waals surface area contributed by atoms with Crippen LogP contribution in [0, 0.1) is 17.8 Å². The van der Waals surface area contributed by atoms with Crippen molar-refractivity contribution in [3.8, 4) is 23.3 Å². The summed E-state index contributed by atoms with van der Waals surface area (Å²) in [5.41, 5.74) is 0.628. The minimum absolute atomic E-state index is 0.0695. The molecule has 262 valence electrons. The summed E-state index contributed by atoms with van der Waals surface area (Å²) in [7, 11) is 0. The number of likely N-dealkylation sites (tertiary alicyclic amines) is 1. The third kappa shape index (κ3) is 5.74. The molecule has 3 aromatic rings. The first kappa shape index (κ1) is 34.1. The Kier molecular flexibility index (Phi) is 8.72. The molecule has 0 radical (unpaired) electrons. The van der Waals surface area contributed by atoms with E-state index in [4.69, 9.17) is 9.47 Å². The van der Waals surface area contributed by atoms with Crippen LogP contribution in [0.1, 0.15) is 67.9 Å². The highest BCUT2D eigenvalue weighted by molar-refractivity contribution is 5.94. The van der Waals surface area contributed by atoms with E-state index in [0.29, 0.717) is 49.3 Å². The van der Waals surface area contributed by atoms with Gasteiger partial charge in [0.1, 0.15) is 6.10 Å². The molecular formula is C40H41F3N2O5. The van der Waals surface area contributed by atoms with Gasteiger partial charge in [-0.15, -0.1) is 0 Å². The average molecular weight is 687 g/mol. The minimum Gasteiger partial charge on any atom is -0.483 e. The first-order valence-electron chi connectivity index (χ1n) is 17.3. The van der Waals surface area contributed by atoms with Gasteiger partial charge in [0.15, 0.2) is 11.5 Å². The van der Waals surface area contributed by atoms with E-state index in [-0.39, 0.29) is 12.0 Å². The number of hydrogen-bond acceptors (Lipinski definition) is 6. The Balaban J connectivity index is 1.26. The van der Waals surface area contributed by atoms with Gasteiger partial charge in [0.05, 0.1) is 22.6 Å². The Labute approximate surface area is 290 Å². The molecule has 2 bridgehead atoms. The maximum absolute atomic E-state index is 14.0. The van der Waals surface area contributed by atoms with E-state index in [9.17, 15) is 27.9 Å². The van der Waals surface area contributed by atoms with Crippen LogP contribution in [0.5, 0.6) is 11.5 Å². The standard InChI is InChI=1S/C40H41F3N2O5/c1-25(2)24-45(34(47)16-11-28-9-13-30(14-10-28)40(41,42)43)31-17-19-39(48)33-23-29-12-15-32(49-26(3)46)36-35(29)38(39,37(31)50-36)20-22-44(33)21-18-27-7-5-4-6-8-27/h4-10,12-15,25,31,33,37,48H,17-24H2,1-3H3/t31-,33-,37+,38+,39-/m1/s1. The van der Waals surface area contributed by atoms with Crippen LogP contribution in [0.2, 0.25) is 0 Å². The molecule has 3 aromatic carbocycles. The Bertz CT molecular complexity index is 1850. The Morgan fingerprint density at radius 2 is 1.82 bits per heavy atom. The van der Waals surface area contributed by atoms with Crippen LogP contribution in [0.15, 0.2) is 66.7 Å². The van der Waals surface area contributed by atoms with Crippen LogP contribution < -0.4 is 9.47 Å². The van der Waals surface area contributed by atoms with E-state index in [1.54, 1.807) is 11.0 Å². The monoisotopic (exact) mass is 686 g/mol. The molecule has 2 fully saturated rings. The number of aliphatic hydroxyl groups is 1. The van der Waals surface area contributed by atoms with Crippen LogP contribution in [0.4, 0.5) is 13.2 Å². The number of nitrogens with zero attached hydrogens (tertiary/aromatic N) is 2. The molecule has 1 saturated heterocycles. The number of rotatable bonds is 7. The van der Waals surface area contributed by atoms with E-state index in [0.717, 1.165) is 42.8 Å². The van der Waals surface area contributed by atoms with Crippen LogP contribution in [0.3, 0.4) is 0 Å². The summed E-state index contributed by atoms with van der Waals surface area (Å²) < 4.78 is 51.8. The van der Waals surface area contributed by atoms with Crippen molar-refractivity contribution in [3.63, 3.8) is 0 Å². The molecule has 10 heteroatoms. The SMILES string of the molecule is CC(=O)Oc1ccc2c3c1O[C@H]1[C@H](N(CC(C)C)C(=O)C#Cc4ccc(C(F)(F)F)cc4)CC[C@@]4(O)[C@@H](C2)N(CCc2ccccc2)CC[C@]314. The van der Waals surface area contributed by atoms with Gasteiger partial charge in [-0.1, -0.05) is 56.2 Å². The second-order valence-electron chi connectivity index (χ2n) is 14.5. The van der Waals surface area contributed by atoms with Crippen LogP contribution in [-0.4, -0.2) is 70.2 Å². The first-order valence-corrected chi connectivity index (χ1v) is 17.3. The molecule has 2 heterocycles. The van der Waals surface area contributed by atoms with Crippen molar-refractivity contribution in [2.45, 2.75) is 88.3 Å². The molecule has 7 nitrogen and oxygen atoms in total. The largest absolute Gasteiger partial charge is 0.483 e. The van der Waals surface area contributed by atoms with Crippen molar-refractivity contribution in [2.24, 2.45) is 5.92 Å². The van der Waals surface area contributed by atoms with Gasteiger partial charge in [0.25, 0.3) is 5.91 Å². The summed E-state index contributed by atoms with van der Waals surface area (Å²) in [4.78, 5) is 30.3. The zero-order valence-corrected chi connectivity index (χ0v) is 28.4. The number of carbonyl (C=O) groups is 2. The zero-order valence-electron chi connectivity index (χ0n) is 28.4. The number of benzene rings is 3. The summed E-state index contributed by atoms with van der Waals surface area (Å²) in [6, 6.07) is 17.8. The lowest BCUT2D eigenvalue weighted by molar-refractivity contribution is -0.200. The molecule has 50 heavy (non-hydrogen) atoms. The smallest absolute Gasteiger partial charge is 0.416 e. The second kappa shape index (κ2) is 12.8. The van der Waals surface area contributed by atoms with Crippen LogP contribution >= 0.6 is 0 Å². The number of esters is 1. The Morgan fingerprint density at radius 3 is 2.50 bits per heavy atom. The fraction of sp³-hybridized carbons (Fsp3) is 0.450. The van der Waals surface area contributed by atoms with Crippen molar-refractivity contribution in [3.05, 3.63) is 94.5 Å². The van der Waals surface area contributed by atoms with Gasteiger partial charge < -0.3 is 19.5 Å². The fourth-order valence-electron chi connectivity index (χ4n) is 9.04. The molecule has 1 amide bonds. The van der Waals surface area contributed by atoms with Crippen LogP contribution in [0.25, 0.3) is 0 Å². The second-order valence-corrected chi connectivity index (χ2v) is 14.5. The molecule has 5 atom stereocenters. The van der Waals surface area contributed by atoms with E-state index < -0.39 is 46.8 Å². The molecule has 4 aliphatic rings. The summed E-state index contributed by atoms with van der Waals surface area (Å²) in [6.45, 7) is 7.22. The van der Waals surface area contributed by atoms with E-state index >= 15 is 0 Å². The van der Waals surface area contributed by atoms with E-state index in [1.807, 2.05) is 38.1 Å². The minimum atomic E-state index is -4.47. The first-order chi connectivity index (χ1) is 23.8. The third-order valence-corrected chi connectivity index (χ3v) is 11.1. The fourth-order valence-corrected chi connectivity index (χ4v) is 9.04. The topological polar surface area (TPSA) is 79.3 Å². The summed E-state index contributed by atoms with van der Waals surface area (Å²) >= 11 is 0. The maximum Gasteiger partial charge on any atom is 0.416 e. The Morgan fingerprint density at radius 1 is 1.08 bits per heavy atom. The van der Waals surface area contributed by atoms with Gasteiger partial charge in [-0.05, 0) is 86.0 Å². The quantitative estimate of drug-likeness (QED) is 0.189. The highest BCUT2D eigenvalue weighted by atomic mass is 19.4. The van der Waals surface area contributed by atoms with E-state index in [2.05, 4.69) is 28.9 Å². The molecule has 2 aliphatic carbocycles. The lowest BCUT2D eigenvalue weighted by Gasteiger charge is -2.64.